The molecule has 178 valence electrons. The molecule has 0 saturated heterocycles. The molecule has 0 atom stereocenters. The van der Waals surface area contributed by atoms with Crippen LogP contribution < -0.4 is 10.1 Å². The second-order valence-electron chi connectivity index (χ2n) is 8.32. The van der Waals surface area contributed by atoms with Crippen LogP contribution in [0.3, 0.4) is 0 Å². The normalized spacial score (nSPS) is 12.7. The number of thiophene rings is 1. The van der Waals surface area contributed by atoms with E-state index in [4.69, 9.17) is 21.1 Å². The van der Waals surface area contributed by atoms with Gasteiger partial charge in [0, 0.05) is 16.0 Å². The number of carbonyl (C=O) groups is 2. The molecule has 0 aliphatic heterocycles. The first-order valence-corrected chi connectivity index (χ1v) is 13.0. The van der Waals surface area contributed by atoms with Crippen LogP contribution in [-0.4, -0.2) is 25.6 Å². The predicted molar refractivity (Wildman–Crippen MR) is 140 cm³/mol. The number of benzene rings is 2. The van der Waals surface area contributed by atoms with E-state index in [1.165, 1.54) is 42.4 Å². The van der Waals surface area contributed by atoms with E-state index in [2.05, 4.69) is 33.4 Å². The zero-order valence-electron chi connectivity index (χ0n) is 19.2. The fourth-order valence-corrected chi connectivity index (χ4v) is 5.84. The largest absolute Gasteiger partial charge is 0.483 e. The lowest BCUT2D eigenvalue weighted by Gasteiger charge is -2.17. The Kier molecular flexibility index (Phi) is 7.65. The van der Waals surface area contributed by atoms with E-state index in [1.54, 1.807) is 6.07 Å². The summed E-state index contributed by atoms with van der Waals surface area (Å²) < 4.78 is 11.5. The molecule has 4 rings (SSSR count). The van der Waals surface area contributed by atoms with Crippen molar-refractivity contribution >= 4 is 55.7 Å². The van der Waals surface area contributed by atoms with Gasteiger partial charge in [-0.2, -0.15) is 0 Å². The minimum Gasteiger partial charge on any atom is -0.483 e. The van der Waals surface area contributed by atoms with Gasteiger partial charge in [-0.05, 0) is 89.3 Å². The third-order valence-electron chi connectivity index (χ3n) is 6.02. The molecule has 1 N–H and O–H groups in total. The van der Waals surface area contributed by atoms with Gasteiger partial charge >= 0.3 is 5.97 Å². The molecule has 1 heterocycles. The Labute approximate surface area is 216 Å². The van der Waals surface area contributed by atoms with E-state index in [9.17, 15) is 9.59 Å². The number of carbonyl (C=O) groups excluding carboxylic acids is 2. The van der Waals surface area contributed by atoms with E-state index in [0.717, 1.165) is 35.1 Å². The first-order chi connectivity index (χ1) is 16.3. The van der Waals surface area contributed by atoms with Crippen LogP contribution in [0.2, 0.25) is 5.02 Å². The molecule has 2 aromatic carbocycles. The summed E-state index contributed by atoms with van der Waals surface area (Å²) in [5.74, 6) is -0.332. The predicted octanol–water partition coefficient (Wildman–Crippen LogP) is 7.13. The molecule has 1 aliphatic rings. The second-order valence-corrected chi connectivity index (χ2v) is 10.4. The maximum absolute atomic E-state index is 12.7. The SMILES string of the molecule is COC(=O)c1c(-c2ccc3c(c2)CCCC3)csc1NC(=O)COc1cc(C)c(Cl)c(C)c1Br. The van der Waals surface area contributed by atoms with E-state index in [1.807, 2.05) is 25.3 Å². The van der Waals surface area contributed by atoms with Crippen LogP contribution >= 0.6 is 38.9 Å². The van der Waals surface area contributed by atoms with Crippen LogP contribution in [0.15, 0.2) is 34.1 Å². The van der Waals surface area contributed by atoms with Gasteiger partial charge in [0.05, 0.1) is 11.6 Å². The van der Waals surface area contributed by atoms with Crippen molar-refractivity contribution in [3.05, 3.63) is 67.0 Å². The number of ether oxygens (including phenoxy) is 2. The smallest absolute Gasteiger partial charge is 0.341 e. The molecule has 1 aliphatic carbocycles. The van der Waals surface area contributed by atoms with Crippen molar-refractivity contribution in [1.82, 2.24) is 0 Å². The molecule has 34 heavy (non-hydrogen) atoms. The van der Waals surface area contributed by atoms with E-state index < -0.39 is 5.97 Å². The van der Waals surface area contributed by atoms with Crippen molar-refractivity contribution in [3.8, 4) is 16.9 Å². The van der Waals surface area contributed by atoms with Crippen molar-refractivity contribution < 1.29 is 19.1 Å². The Balaban J connectivity index is 1.55. The Morgan fingerprint density at radius 1 is 1.15 bits per heavy atom. The molecular weight excluding hydrogens is 538 g/mol. The van der Waals surface area contributed by atoms with Crippen molar-refractivity contribution in [3.63, 3.8) is 0 Å². The third kappa shape index (κ3) is 5.02. The minimum atomic E-state index is -0.489. The Morgan fingerprint density at radius 2 is 1.88 bits per heavy atom. The van der Waals surface area contributed by atoms with Crippen LogP contribution in [0.1, 0.15) is 45.5 Å². The highest BCUT2D eigenvalue weighted by Gasteiger charge is 2.23. The number of rotatable bonds is 6. The van der Waals surface area contributed by atoms with Gasteiger partial charge in [-0.15, -0.1) is 11.3 Å². The summed E-state index contributed by atoms with van der Waals surface area (Å²) in [6, 6.07) is 8.12. The highest BCUT2D eigenvalue weighted by atomic mass is 79.9. The summed E-state index contributed by atoms with van der Waals surface area (Å²) in [5, 5.41) is 5.80. The van der Waals surface area contributed by atoms with Gasteiger partial charge in [0.15, 0.2) is 6.61 Å². The van der Waals surface area contributed by atoms with E-state index in [-0.39, 0.29) is 12.5 Å². The van der Waals surface area contributed by atoms with Gasteiger partial charge in [-0.3, -0.25) is 4.79 Å². The molecule has 1 aromatic heterocycles. The number of esters is 1. The van der Waals surface area contributed by atoms with Gasteiger partial charge in [-0.25, -0.2) is 4.79 Å². The summed E-state index contributed by atoms with van der Waals surface area (Å²) in [5.41, 5.74) is 6.46. The molecule has 0 radical (unpaired) electrons. The molecule has 1 amide bonds. The van der Waals surface area contributed by atoms with E-state index in [0.29, 0.717) is 25.8 Å². The molecule has 3 aromatic rings. The number of aryl methyl sites for hydroxylation is 3. The molecule has 0 saturated carbocycles. The second kappa shape index (κ2) is 10.5. The van der Waals surface area contributed by atoms with Crippen LogP contribution in [0.4, 0.5) is 5.00 Å². The maximum Gasteiger partial charge on any atom is 0.341 e. The van der Waals surface area contributed by atoms with Crippen molar-refractivity contribution in [2.24, 2.45) is 0 Å². The highest BCUT2D eigenvalue weighted by molar-refractivity contribution is 9.10. The third-order valence-corrected chi connectivity index (χ3v) is 8.48. The van der Waals surface area contributed by atoms with Crippen LogP contribution in [0.25, 0.3) is 11.1 Å². The molecule has 0 fully saturated rings. The number of hydrogen-bond acceptors (Lipinski definition) is 5. The van der Waals surface area contributed by atoms with Gasteiger partial charge in [-0.1, -0.05) is 29.8 Å². The topological polar surface area (TPSA) is 64.6 Å². The first kappa shape index (κ1) is 24.8. The van der Waals surface area contributed by atoms with Crippen LogP contribution in [0, 0.1) is 13.8 Å². The average Bonchev–Trinajstić information content (AvgIpc) is 3.26. The van der Waals surface area contributed by atoms with Gasteiger partial charge < -0.3 is 14.8 Å². The summed E-state index contributed by atoms with van der Waals surface area (Å²) in [4.78, 5) is 25.4. The van der Waals surface area contributed by atoms with Gasteiger partial charge in [0.25, 0.3) is 5.91 Å². The molecule has 0 unspecified atom stereocenters. The first-order valence-electron chi connectivity index (χ1n) is 11.0. The Hall–Kier alpha value is -2.35. The highest BCUT2D eigenvalue weighted by Crippen LogP contribution is 2.38. The van der Waals surface area contributed by atoms with Gasteiger partial charge in [0.2, 0.25) is 0 Å². The number of anilines is 1. The number of amides is 1. The number of hydrogen-bond donors (Lipinski definition) is 1. The fourth-order valence-electron chi connectivity index (χ4n) is 4.18. The molecule has 0 bridgehead atoms. The minimum absolute atomic E-state index is 0.216. The maximum atomic E-state index is 12.7. The van der Waals surface area contributed by atoms with Crippen LogP contribution in [-0.2, 0) is 22.4 Å². The quantitative estimate of drug-likeness (QED) is 0.325. The fraction of sp³-hybridized carbons (Fsp3) is 0.308. The number of halogens is 2. The summed E-state index contributed by atoms with van der Waals surface area (Å²) in [6.45, 7) is 3.54. The number of nitrogens with one attached hydrogen (secondary N) is 1. The van der Waals surface area contributed by atoms with E-state index >= 15 is 0 Å². The van der Waals surface area contributed by atoms with Crippen LogP contribution in [0.5, 0.6) is 5.75 Å². The zero-order valence-corrected chi connectivity index (χ0v) is 22.4. The van der Waals surface area contributed by atoms with Crippen molar-refractivity contribution in [2.45, 2.75) is 39.5 Å². The summed E-state index contributed by atoms with van der Waals surface area (Å²) >= 11 is 11.0. The average molecular weight is 563 g/mol. The molecule has 0 spiro atoms. The Bertz CT molecular complexity index is 1270. The monoisotopic (exact) mass is 561 g/mol. The van der Waals surface area contributed by atoms with Crippen molar-refractivity contribution in [1.29, 1.82) is 0 Å². The molecular formula is C26H25BrClNO4S. The summed E-state index contributed by atoms with van der Waals surface area (Å²) in [6.07, 6.45) is 4.52. The standard InChI is InChI=1S/C26H25BrClNO4S/c1-14-10-20(23(27)15(2)24(14)28)33-12-21(30)29-25-22(26(31)32-3)19(13-34-25)18-9-8-16-6-4-5-7-17(16)11-18/h8-11,13H,4-7,12H2,1-3H3,(H,29,30). The lowest BCUT2D eigenvalue weighted by molar-refractivity contribution is -0.118. The zero-order chi connectivity index (χ0) is 24.4. The lowest BCUT2D eigenvalue weighted by Crippen LogP contribution is -2.21. The van der Waals surface area contributed by atoms with Crippen molar-refractivity contribution in [2.75, 3.05) is 19.0 Å². The molecule has 8 heteroatoms. The lowest BCUT2D eigenvalue weighted by atomic mass is 9.89. The number of methoxy groups -OCH3 is 1. The summed E-state index contributed by atoms with van der Waals surface area (Å²) in [7, 11) is 1.34. The molecule has 5 nitrogen and oxygen atoms in total. The number of fused-ring (bicyclic) bond motifs is 1. The van der Waals surface area contributed by atoms with Gasteiger partial charge in [0.1, 0.15) is 16.3 Å². The Morgan fingerprint density at radius 3 is 2.62 bits per heavy atom.